The summed E-state index contributed by atoms with van der Waals surface area (Å²) in [6.07, 6.45) is 4.65. The first-order valence-corrected chi connectivity index (χ1v) is 11.2. The molecule has 3 aromatic carbocycles. The van der Waals surface area contributed by atoms with E-state index in [4.69, 9.17) is 4.74 Å². The van der Waals surface area contributed by atoms with E-state index in [1.54, 1.807) is 19.2 Å². The van der Waals surface area contributed by atoms with Gasteiger partial charge in [0.15, 0.2) is 0 Å². The van der Waals surface area contributed by atoms with Gasteiger partial charge in [0.2, 0.25) is 10.0 Å². The van der Waals surface area contributed by atoms with Gasteiger partial charge in [0.1, 0.15) is 5.75 Å². The van der Waals surface area contributed by atoms with Crippen LogP contribution in [-0.2, 0) is 22.9 Å². The van der Waals surface area contributed by atoms with Crippen LogP contribution in [0.3, 0.4) is 0 Å². The molecule has 0 unspecified atom stereocenters. The molecule has 0 spiro atoms. The van der Waals surface area contributed by atoms with Crippen LogP contribution in [0.1, 0.15) is 42.5 Å². The number of aryl methyl sites for hydroxylation is 2. The summed E-state index contributed by atoms with van der Waals surface area (Å²) in [5, 5.41) is 1.81. The molecule has 0 saturated carbocycles. The van der Waals surface area contributed by atoms with Gasteiger partial charge >= 0.3 is 0 Å². The molecule has 1 aliphatic carbocycles. The van der Waals surface area contributed by atoms with Crippen molar-refractivity contribution < 1.29 is 13.2 Å². The van der Waals surface area contributed by atoms with E-state index in [0.717, 1.165) is 34.9 Å². The van der Waals surface area contributed by atoms with Crippen LogP contribution in [0.5, 0.6) is 5.75 Å². The molecular weight excluding hydrogens is 370 g/mol. The molecule has 4 nitrogen and oxygen atoms in total. The number of fused-ring (bicyclic) bond motifs is 2. The predicted octanol–water partition coefficient (Wildman–Crippen LogP) is 4.77. The maximum absolute atomic E-state index is 12.9. The highest BCUT2D eigenvalue weighted by Gasteiger charge is 2.20. The number of benzene rings is 3. The van der Waals surface area contributed by atoms with Crippen LogP contribution in [0.25, 0.3) is 10.8 Å². The number of sulfonamides is 1. The van der Waals surface area contributed by atoms with Crippen molar-refractivity contribution in [3.05, 3.63) is 71.3 Å². The molecule has 146 valence electrons. The molecule has 0 fully saturated rings. The lowest BCUT2D eigenvalue weighted by atomic mass is 9.89. The van der Waals surface area contributed by atoms with Crippen molar-refractivity contribution in [2.24, 2.45) is 0 Å². The Kier molecular flexibility index (Phi) is 5.13. The van der Waals surface area contributed by atoms with Crippen LogP contribution in [0.2, 0.25) is 0 Å². The van der Waals surface area contributed by atoms with Gasteiger partial charge in [-0.05, 0) is 84.3 Å². The molecule has 1 N–H and O–H groups in total. The molecule has 0 saturated heterocycles. The lowest BCUT2D eigenvalue weighted by molar-refractivity contribution is 0.415. The van der Waals surface area contributed by atoms with Crippen molar-refractivity contribution in [1.82, 2.24) is 4.72 Å². The molecule has 3 aromatic rings. The molecule has 1 atom stereocenters. The van der Waals surface area contributed by atoms with Gasteiger partial charge in [-0.1, -0.05) is 30.3 Å². The molecule has 0 amide bonds. The Balaban J connectivity index is 1.59. The number of hydrogen-bond donors (Lipinski definition) is 1. The second kappa shape index (κ2) is 7.57. The number of ether oxygens (including phenoxy) is 1. The fraction of sp³-hybridized carbons (Fsp3) is 0.304. The van der Waals surface area contributed by atoms with E-state index in [1.165, 1.54) is 24.0 Å². The first-order chi connectivity index (χ1) is 13.5. The third-order valence-corrected chi connectivity index (χ3v) is 7.07. The predicted molar refractivity (Wildman–Crippen MR) is 112 cm³/mol. The lowest BCUT2D eigenvalue weighted by Crippen LogP contribution is -2.27. The summed E-state index contributed by atoms with van der Waals surface area (Å²) in [4.78, 5) is 0.273. The van der Waals surface area contributed by atoms with Gasteiger partial charge in [-0.2, -0.15) is 0 Å². The van der Waals surface area contributed by atoms with Gasteiger partial charge in [-0.15, -0.1) is 0 Å². The number of methoxy groups -OCH3 is 1. The average Bonchev–Trinajstić information content (AvgIpc) is 2.72. The maximum Gasteiger partial charge on any atom is 0.241 e. The quantitative estimate of drug-likeness (QED) is 0.677. The number of hydrogen-bond acceptors (Lipinski definition) is 3. The van der Waals surface area contributed by atoms with Gasteiger partial charge in [0.05, 0.1) is 12.0 Å². The minimum atomic E-state index is -3.62. The fourth-order valence-corrected chi connectivity index (χ4v) is 5.15. The van der Waals surface area contributed by atoms with Crippen molar-refractivity contribution in [2.45, 2.75) is 43.5 Å². The molecule has 1 aliphatic rings. The van der Waals surface area contributed by atoms with Crippen LogP contribution >= 0.6 is 0 Å². The van der Waals surface area contributed by atoms with E-state index in [0.29, 0.717) is 0 Å². The second-order valence-electron chi connectivity index (χ2n) is 7.45. The first-order valence-electron chi connectivity index (χ1n) is 9.68. The van der Waals surface area contributed by atoms with Gasteiger partial charge < -0.3 is 4.74 Å². The molecule has 0 aromatic heterocycles. The van der Waals surface area contributed by atoms with Crippen molar-refractivity contribution >= 4 is 20.8 Å². The lowest BCUT2D eigenvalue weighted by Gasteiger charge is -2.20. The van der Waals surface area contributed by atoms with E-state index in [1.807, 2.05) is 37.3 Å². The van der Waals surface area contributed by atoms with Gasteiger partial charge in [-0.3, -0.25) is 0 Å². The Morgan fingerprint density at radius 2 is 1.61 bits per heavy atom. The molecule has 28 heavy (non-hydrogen) atoms. The van der Waals surface area contributed by atoms with Gasteiger partial charge in [-0.25, -0.2) is 13.1 Å². The van der Waals surface area contributed by atoms with Crippen LogP contribution < -0.4 is 9.46 Å². The standard InChI is InChI=1S/C23H25NO3S/c1-16(18-8-7-17-5-3-4-6-19(17)13-18)24-28(25,26)23-12-10-20-14-22(27-2)11-9-21(20)15-23/h7-16,24H,3-6H2,1-2H3/t16-/m1/s1. The Bertz CT molecular complexity index is 1120. The van der Waals surface area contributed by atoms with Crippen LogP contribution in [0.15, 0.2) is 59.5 Å². The minimum absolute atomic E-state index is 0.273. The summed E-state index contributed by atoms with van der Waals surface area (Å²) in [6.45, 7) is 1.90. The third kappa shape index (κ3) is 3.77. The third-order valence-electron chi connectivity index (χ3n) is 5.53. The molecule has 4 rings (SSSR count). The van der Waals surface area contributed by atoms with Crippen molar-refractivity contribution in [3.8, 4) is 5.75 Å². The SMILES string of the molecule is COc1ccc2cc(S(=O)(=O)N[C@H](C)c3ccc4c(c3)CCCC4)ccc2c1. The van der Waals surface area contributed by atoms with E-state index in [9.17, 15) is 8.42 Å². The maximum atomic E-state index is 12.9. The average molecular weight is 396 g/mol. The number of rotatable bonds is 5. The van der Waals surface area contributed by atoms with E-state index in [-0.39, 0.29) is 10.9 Å². The smallest absolute Gasteiger partial charge is 0.241 e. The minimum Gasteiger partial charge on any atom is -0.497 e. The highest BCUT2D eigenvalue weighted by atomic mass is 32.2. The van der Waals surface area contributed by atoms with Crippen LogP contribution in [0.4, 0.5) is 0 Å². The summed E-state index contributed by atoms with van der Waals surface area (Å²) in [5.74, 6) is 0.752. The molecule has 0 bridgehead atoms. The van der Waals surface area contributed by atoms with Crippen molar-refractivity contribution in [2.75, 3.05) is 7.11 Å². The molecule has 0 radical (unpaired) electrons. The summed E-state index contributed by atoms with van der Waals surface area (Å²) < 4.78 is 33.9. The Morgan fingerprint density at radius 3 is 2.39 bits per heavy atom. The van der Waals surface area contributed by atoms with Crippen molar-refractivity contribution in [3.63, 3.8) is 0 Å². The highest BCUT2D eigenvalue weighted by molar-refractivity contribution is 7.89. The summed E-state index contributed by atoms with van der Waals surface area (Å²) in [7, 11) is -2.00. The molecular formula is C23H25NO3S. The molecule has 0 aliphatic heterocycles. The molecule has 5 heteroatoms. The van der Waals surface area contributed by atoms with E-state index >= 15 is 0 Å². The zero-order chi connectivity index (χ0) is 19.7. The monoisotopic (exact) mass is 395 g/mol. The van der Waals surface area contributed by atoms with E-state index < -0.39 is 10.0 Å². The zero-order valence-corrected chi connectivity index (χ0v) is 17.1. The molecule has 0 heterocycles. The normalized spacial score (nSPS) is 15.2. The summed E-state index contributed by atoms with van der Waals surface area (Å²) >= 11 is 0. The Labute approximate surface area is 166 Å². The topological polar surface area (TPSA) is 55.4 Å². The van der Waals surface area contributed by atoms with E-state index in [2.05, 4.69) is 16.9 Å². The Hall–Kier alpha value is -2.37. The van der Waals surface area contributed by atoms with Gasteiger partial charge in [0.25, 0.3) is 0 Å². The summed E-state index contributed by atoms with van der Waals surface area (Å²) in [5.41, 5.74) is 3.76. The van der Waals surface area contributed by atoms with Crippen molar-refractivity contribution in [1.29, 1.82) is 0 Å². The number of nitrogens with one attached hydrogen (secondary N) is 1. The van der Waals surface area contributed by atoms with Crippen LogP contribution in [-0.4, -0.2) is 15.5 Å². The second-order valence-corrected chi connectivity index (χ2v) is 9.17. The first kappa shape index (κ1) is 19.0. The van der Waals surface area contributed by atoms with Crippen LogP contribution in [0, 0.1) is 0 Å². The van der Waals surface area contributed by atoms with Gasteiger partial charge in [0, 0.05) is 6.04 Å². The zero-order valence-electron chi connectivity index (χ0n) is 16.2. The summed E-state index contributed by atoms with van der Waals surface area (Å²) in [6, 6.07) is 16.8. The highest BCUT2D eigenvalue weighted by Crippen LogP contribution is 2.27. The largest absolute Gasteiger partial charge is 0.497 e. The fourth-order valence-electron chi connectivity index (χ4n) is 3.89. The Morgan fingerprint density at radius 1 is 0.893 bits per heavy atom.